The Kier molecular flexibility index (Phi) is 4.84. The summed E-state index contributed by atoms with van der Waals surface area (Å²) < 4.78 is 0. The van der Waals surface area contributed by atoms with E-state index >= 15 is 0 Å². The van der Waals surface area contributed by atoms with Crippen molar-refractivity contribution in [3.63, 3.8) is 0 Å². The molecule has 23 heavy (non-hydrogen) atoms. The molecule has 1 aromatic heterocycles. The predicted molar refractivity (Wildman–Crippen MR) is 96.0 cm³/mol. The Labute approximate surface area is 143 Å². The van der Waals surface area contributed by atoms with Gasteiger partial charge >= 0.3 is 0 Å². The lowest BCUT2D eigenvalue weighted by atomic mass is 10.1. The first-order valence-electron chi connectivity index (χ1n) is 7.17. The van der Waals surface area contributed by atoms with Gasteiger partial charge in [-0.05, 0) is 12.5 Å². The molecule has 2 aromatic carbocycles. The van der Waals surface area contributed by atoms with Gasteiger partial charge in [0.1, 0.15) is 5.02 Å². The topological polar surface area (TPSA) is 45.8 Å². The van der Waals surface area contributed by atoms with Crippen LogP contribution in [0.15, 0.2) is 64.5 Å². The Balaban J connectivity index is 1.89. The maximum atomic E-state index is 12.1. The first-order valence-corrected chi connectivity index (χ1v) is 8.53. The lowest BCUT2D eigenvalue weighted by Gasteiger charge is -2.07. The lowest BCUT2D eigenvalue weighted by molar-refractivity contribution is 0.942. The van der Waals surface area contributed by atoms with Crippen LogP contribution in [0.5, 0.6) is 0 Å². The average Bonchev–Trinajstić information content (AvgIpc) is 2.57. The van der Waals surface area contributed by atoms with Crippen LogP contribution in [0.25, 0.3) is 11.3 Å². The van der Waals surface area contributed by atoms with E-state index in [2.05, 4.69) is 35.1 Å². The second-order valence-corrected chi connectivity index (χ2v) is 6.52. The summed E-state index contributed by atoms with van der Waals surface area (Å²) in [6.45, 7) is 2.06. The number of benzene rings is 2. The van der Waals surface area contributed by atoms with Gasteiger partial charge in [0.2, 0.25) is 0 Å². The van der Waals surface area contributed by atoms with Crippen molar-refractivity contribution in [1.29, 1.82) is 0 Å². The SMILES string of the molecule is Cc1cccc(CSc2nc(-c3ccccc3)c(Cl)c(=O)[nH]2)c1. The number of hydrogen-bond donors (Lipinski definition) is 1. The molecule has 5 heteroatoms. The number of aromatic amines is 1. The van der Waals surface area contributed by atoms with E-state index in [-0.39, 0.29) is 10.6 Å². The van der Waals surface area contributed by atoms with E-state index < -0.39 is 0 Å². The highest BCUT2D eigenvalue weighted by atomic mass is 35.5. The Morgan fingerprint density at radius 3 is 2.65 bits per heavy atom. The molecule has 116 valence electrons. The van der Waals surface area contributed by atoms with Gasteiger partial charge in [-0.1, -0.05) is 83.5 Å². The van der Waals surface area contributed by atoms with Crippen LogP contribution in [0.2, 0.25) is 5.02 Å². The van der Waals surface area contributed by atoms with Crippen LogP contribution < -0.4 is 5.56 Å². The molecule has 1 N–H and O–H groups in total. The van der Waals surface area contributed by atoms with Gasteiger partial charge < -0.3 is 4.98 Å². The zero-order chi connectivity index (χ0) is 16.2. The van der Waals surface area contributed by atoms with Crippen molar-refractivity contribution >= 4 is 23.4 Å². The molecule has 3 nitrogen and oxygen atoms in total. The molecule has 0 aliphatic rings. The van der Waals surface area contributed by atoms with E-state index in [4.69, 9.17) is 11.6 Å². The van der Waals surface area contributed by atoms with E-state index in [0.29, 0.717) is 10.9 Å². The smallest absolute Gasteiger partial charge is 0.270 e. The fraction of sp³-hybridized carbons (Fsp3) is 0.111. The molecule has 0 saturated carbocycles. The Morgan fingerprint density at radius 2 is 1.91 bits per heavy atom. The maximum Gasteiger partial charge on any atom is 0.270 e. The molecule has 0 atom stereocenters. The van der Waals surface area contributed by atoms with Crippen LogP contribution in [-0.4, -0.2) is 9.97 Å². The molecule has 0 bridgehead atoms. The summed E-state index contributed by atoms with van der Waals surface area (Å²) in [5.74, 6) is 0.737. The van der Waals surface area contributed by atoms with Crippen molar-refractivity contribution in [3.05, 3.63) is 81.1 Å². The Bertz CT molecular complexity index is 878. The highest BCUT2D eigenvalue weighted by Gasteiger charge is 2.11. The third kappa shape index (κ3) is 3.84. The minimum Gasteiger partial charge on any atom is -0.300 e. The number of rotatable bonds is 4. The van der Waals surface area contributed by atoms with Gasteiger partial charge in [0.25, 0.3) is 5.56 Å². The van der Waals surface area contributed by atoms with E-state index in [0.717, 1.165) is 11.3 Å². The second-order valence-electron chi connectivity index (χ2n) is 5.18. The molecule has 3 rings (SSSR count). The van der Waals surface area contributed by atoms with Crippen LogP contribution in [0.4, 0.5) is 0 Å². The number of aryl methyl sites for hydroxylation is 1. The van der Waals surface area contributed by atoms with Gasteiger partial charge in [0.15, 0.2) is 5.16 Å². The third-order valence-electron chi connectivity index (χ3n) is 3.35. The molecule has 0 spiro atoms. The summed E-state index contributed by atoms with van der Waals surface area (Å²) in [7, 11) is 0. The summed E-state index contributed by atoms with van der Waals surface area (Å²) in [6, 6.07) is 17.8. The van der Waals surface area contributed by atoms with E-state index in [1.165, 1.54) is 22.9 Å². The number of thioether (sulfide) groups is 1. The second kappa shape index (κ2) is 7.02. The van der Waals surface area contributed by atoms with Gasteiger partial charge in [0.05, 0.1) is 5.69 Å². The first-order chi connectivity index (χ1) is 11.1. The highest BCUT2D eigenvalue weighted by molar-refractivity contribution is 7.98. The fourth-order valence-corrected chi connectivity index (χ4v) is 3.25. The molecule has 1 heterocycles. The summed E-state index contributed by atoms with van der Waals surface area (Å²) in [5.41, 5.74) is 3.44. The third-order valence-corrected chi connectivity index (χ3v) is 4.64. The first kappa shape index (κ1) is 15.8. The fourth-order valence-electron chi connectivity index (χ4n) is 2.25. The zero-order valence-electron chi connectivity index (χ0n) is 12.5. The maximum absolute atomic E-state index is 12.1. The molecule has 3 aromatic rings. The summed E-state index contributed by atoms with van der Waals surface area (Å²) in [6.07, 6.45) is 0. The van der Waals surface area contributed by atoms with Crippen molar-refractivity contribution in [3.8, 4) is 11.3 Å². The van der Waals surface area contributed by atoms with Crippen LogP contribution >= 0.6 is 23.4 Å². The molecule has 0 amide bonds. The van der Waals surface area contributed by atoms with Crippen molar-refractivity contribution in [1.82, 2.24) is 9.97 Å². The Hall–Kier alpha value is -2.04. The molecular formula is C18H15ClN2OS. The predicted octanol–water partition coefficient (Wildman–Crippen LogP) is 4.69. The molecule has 0 unspecified atom stereocenters. The minimum atomic E-state index is -0.313. The standard InChI is InChI=1S/C18H15ClN2OS/c1-12-6-5-7-13(10-12)11-23-18-20-16(15(19)17(22)21-18)14-8-3-2-4-9-14/h2-10H,11H2,1H3,(H,20,21,22). The zero-order valence-corrected chi connectivity index (χ0v) is 14.1. The summed E-state index contributed by atoms with van der Waals surface area (Å²) in [4.78, 5) is 19.3. The quantitative estimate of drug-likeness (QED) is 0.552. The van der Waals surface area contributed by atoms with E-state index in [1.54, 1.807) is 0 Å². The molecular weight excluding hydrogens is 328 g/mol. The Morgan fingerprint density at radius 1 is 1.13 bits per heavy atom. The number of aromatic nitrogens is 2. The number of nitrogens with one attached hydrogen (secondary N) is 1. The molecule has 0 saturated heterocycles. The van der Waals surface area contributed by atoms with Crippen molar-refractivity contribution in [2.24, 2.45) is 0 Å². The molecule has 0 radical (unpaired) electrons. The highest BCUT2D eigenvalue weighted by Crippen LogP contribution is 2.26. The summed E-state index contributed by atoms with van der Waals surface area (Å²) >= 11 is 7.61. The van der Waals surface area contributed by atoms with Crippen LogP contribution in [0.3, 0.4) is 0 Å². The van der Waals surface area contributed by atoms with Gasteiger partial charge in [-0.3, -0.25) is 4.79 Å². The van der Waals surface area contributed by atoms with Crippen molar-refractivity contribution in [2.75, 3.05) is 0 Å². The van der Waals surface area contributed by atoms with E-state index in [1.807, 2.05) is 36.4 Å². The van der Waals surface area contributed by atoms with Crippen LogP contribution in [0, 0.1) is 6.92 Å². The van der Waals surface area contributed by atoms with Crippen molar-refractivity contribution < 1.29 is 0 Å². The van der Waals surface area contributed by atoms with E-state index in [9.17, 15) is 4.79 Å². The normalized spacial score (nSPS) is 10.7. The number of hydrogen-bond acceptors (Lipinski definition) is 3. The number of halogens is 1. The van der Waals surface area contributed by atoms with Crippen LogP contribution in [-0.2, 0) is 5.75 Å². The molecule has 0 fully saturated rings. The van der Waals surface area contributed by atoms with Crippen molar-refractivity contribution in [2.45, 2.75) is 17.8 Å². The number of nitrogens with zero attached hydrogens (tertiary/aromatic N) is 1. The van der Waals surface area contributed by atoms with Gasteiger partial charge in [0, 0.05) is 11.3 Å². The monoisotopic (exact) mass is 342 g/mol. The number of H-pyrrole nitrogens is 1. The van der Waals surface area contributed by atoms with Gasteiger partial charge in [-0.2, -0.15) is 0 Å². The molecule has 0 aliphatic heterocycles. The minimum absolute atomic E-state index is 0.121. The molecule has 0 aliphatic carbocycles. The largest absolute Gasteiger partial charge is 0.300 e. The van der Waals surface area contributed by atoms with Gasteiger partial charge in [-0.15, -0.1) is 0 Å². The lowest BCUT2D eigenvalue weighted by Crippen LogP contribution is -2.11. The van der Waals surface area contributed by atoms with Crippen LogP contribution in [0.1, 0.15) is 11.1 Å². The summed E-state index contributed by atoms with van der Waals surface area (Å²) in [5, 5.41) is 0.691. The van der Waals surface area contributed by atoms with Gasteiger partial charge in [-0.25, -0.2) is 4.98 Å². The average molecular weight is 343 g/mol.